The van der Waals surface area contributed by atoms with Crippen LogP contribution in [0, 0.1) is 17.8 Å². The van der Waals surface area contributed by atoms with Gasteiger partial charge in [-0.25, -0.2) is 0 Å². The number of hydrogen-bond acceptors (Lipinski definition) is 2. The Morgan fingerprint density at radius 2 is 0.979 bits per heavy atom. The van der Waals surface area contributed by atoms with Crippen LogP contribution in [0.25, 0.3) is 0 Å². The van der Waals surface area contributed by atoms with Gasteiger partial charge in [-0.15, -0.1) is 0 Å². The molecule has 6 rings (SSSR count). The molecule has 3 heteroatoms. The molecule has 4 atom stereocenters. The Balaban J connectivity index is 1.61. The normalized spacial score (nSPS) is 23.6. The fourth-order valence-corrected chi connectivity index (χ4v) is 35.1. The molecule has 0 radical (unpaired) electrons. The van der Waals surface area contributed by atoms with Crippen molar-refractivity contribution in [3.05, 3.63) is 131 Å². The Morgan fingerprint density at radius 3 is 1.40 bits per heavy atom. The summed E-state index contributed by atoms with van der Waals surface area (Å²) in [7, 11) is 0. The zero-order chi connectivity index (χ0) is 33.5. The van der Waals surface area contributed by atoms with Gasteiger partial charge in [0.25, 0.3) is 0 Å². The predicted molar refractivity (Wildman–Crippen MR) is 199 cm³/mol. The van der Waals surface area contributed by atoms with Gasteiger partial charge in [-0.1, -0.05) is 0 Å². The molecule has 0 N–H and O–H groups in total. The second-order valence-corrected chi connectivity index (χ2v) is 29.7. The molecule has 0 bridgehead atoms. The number of benzene rings is 3. The summed E-state index contributed by atoms with van der Waals surface area (Å²) in [5.74, 6) is 0.188. The van der Waals surface area contributed by atoms with Gasteiger partial charge in [-0.05, 0) is 0 Å². The summed E-state index contributed by atoms with van der Waals surface area (Å²) in [6, 6.07) is 33.2. The summed E-state index contributed by atoms with van der Waals surface area (Å²) in [5, 5.41) is 0. The molecule has 0 saturated heterocycles. The topological polar surface area (TPSA) is 34.1 Å². The molecule has 0 aliphatic heterocycles. The van der Waals surface area contributed by atoms with Crippen molar-refractivity contribution in [3.63, 3.8) is 0 Å². The number of fused-ring (bicyclic) bond motifs is 3. The van der Waals surface area contributed by atoms with Gasteiger partial charge in [-0.3, -0.25) is 0 Å². The van der Waals surface area contributed by atoms with E-state index in [1.54, 1.807) is 12.2 Å². The summed E-state index contributed by atoms with van der Waals surface area (Å²) in [5.41, 5.74) is 5.38. The Morgan fingerprint density at radius 1 is 0.574 bits per heavy atom. The number of carbonyl (C=O) groups is 2. The average molecular weight is 734 g/mol. The van der Waals surface area contributed by atoms with E-state index < -0.39 is 18.4 Å². The minimum atomic E-state index is -3.76. The Bertz CT molecular complexity index is 1500. The summed E-state index contributed by atoms with van der Waals surface area (Å²) in [6.07, 6.45) is 10.4. The minimum absolute atomic E-state index is 0.0775. The summed E-state index contributed by atoms with van der Waals surface area (Å²) < 4.78 is 3.51. The van der Waals surface area contributed by atoms with Gasteiger partial charge in [-0.2, -0.15) is 0 Å². The van der Waals surface area contributed by atoms with Crippen LogP contribution < -0.4 is 0 Å². The molecule has 0 heterocycles. The van der Waals surface area contributed by atoms with Gasteiger partial charge in [0.05, 0.1) is 0 Å². The zero-order valence-electron chi connectivity index (χ0n) is 29.5. The van der Waals surface area contributed by atoms with Crippen molar-refractivity contribution in [2.45, 2.75) is 101 Å². The molecule has 0 amide bonds. The van der Waals surface area contributed by atoms with Crippen molar-refractivity contribution in [3.8, 4) is 0 Å². The van der Waals surface area contributed by atoms with Crippen LogP contribution in [0.2, 0.25) is 17.2 Å². The number of carbonyl (C=O) groups excluding carboxylic acids is 2. The molecular weight excluding hydrogens is 679 g/mol. The standard InChI is InChI=1S/C14H15O2.3C10H13.Sn/c15-12-7-8-13(16)14-10-4-2-1-3-9(10)5-6-11(12)14;3*1-10(2,3)9-7-5-4-6-8-9;/h5-8,10-11,14H,1-4H2;3*4-8H,1H2,2-3H3;/t10?,11-,14-;;;;/m1..../s1. The molecular formula is C44H54O2Sn. The SMILES string of the molecule is CC(C)([CH2][Sn]([CH2]C(C)(C)c1ccccc1)([CH2]C(C)(C)c1ccccc1)[C@@H]1C=C2CCCCC2[C@H]2C(=O)C=CC(=O)[C@H]21)c1ccccc1. The molecule has 2 nitrogen and oxygen atoms in total. The van der Waals surface area contributed by atoms with E-state index >= 15 is 0 Å². The fourth-order valence-electron chi connectivity index (χ4n) is 10.3. The molecule has 0 aromatic heterocycles. The molecule has 3 aromatic carbocycles. The molecule has 3 aromatic rings. The molecule has 3 aliphatic carbocycles. The maximum atomic E-state index is 14.4. The Kier molecular flexibility index (Phi) is 9.66. The molecule has 1 saturated carbocycles. The van der Waals surface area contributed by atoms with E-state index in [4.69, 9.17) is 0 Å². The Hall–Kier alpha value is -2.72. The fraction of sp³-hybridized carbons (Fsp3) is 0.455. The number of ketones is 2. The number of hydrogen-bond donors (Lipinski definition) is 0. The van der Waals surface area contributed by atoms with Gasteiger partial charge < -0.3 is 0 Å². The van der Waals surface area contributed by atoms with E-state index in [0.29, 0.717) is 0 Å². The van der Waals surface area contributed by atoms with E-state index in [1.807, 2.05) is 0 Å². The first-order chi connectivity index (χ1) is 22.3. The third-order valence-electron chi connectivity index (χ3n) is 12.1. The Labute approximate surface area is 288 Å². The third-order valence-corrected chi connectivity index (χ3v) is 31.3. The van der Waals surface area contributed by atoms with E-state index in [-0.39, 0.29) is 49.5 Å². The first-order valence-corrected chi connectivity index (χ1v) is 25.7. The number of rotatable bonds is 10. The summed E-state index contributed by atoms with van der Waals surface area (Å²) in [4.78, 5) is 28.4. The average Bonchev–Trinajstić information content (AvgIpc) is 3.06. The molecule has 0 spiro atoms. The quantitative estimate of drug-likeness (QED) is 0.154. The maximum absolute atomic E-state index is 14.4. The van der Waals surface area contributed by atoms with Crippen LogP contribution in [-0.4, -0.2) is 29.9 Å². The van der Waals surface area contributed by atoms with Crippen LogP contribution in [0.5, 0.6) is 0 Å². The van der Waals surface area contributed by atoms with Gasteiger partial charge in [0.15, 0.2) is 0 Å². The van der Waals surface area contributed by atoms with E-state index in [1.165, 1.54) is 28.7 Å². The van der Waals surface area contributed by atoms with Crippen molar-refractivity contribution in [1.29, 1.82) is 0 Å². The second kappa shape index (κ2) is 13.3. The second-order valence-electron chi connectivity index (χ2n) is 17.0. The van der Waals surface area contributed by atoms with E-state index in [0.717, 1.165) is 32.6 Å². The molecule has 1 unspecified atom stereocenters. The van der Waals surface area contributed by atoms with E-state index in [9.17, 15) is 9.59 Å². The van der Waals surface area contributed by atoms with Crippen LogP contribution in [0.15, 0.2) is 115 Å². The van der Waals surface area contributed by atoms with Gasteiger partial charge in [0.2, 0.25) is 0 Å². The van der Waals surface area contributed by atoms with E-state index in [2.05, 4.69) is 139 Å². The van der Waals surface area contributed by atoms with Crippen LogP contribution in [0.4, 0.5) is 0 Å². The van der Waals surface area contributed by atoms with Crippen molar-refractivity contribution in [2.24, 2.45) is 17.8 Å². The zero-order valence-corrected chi connectivity index (χ0v) is 32.3. The summed E-state index contributed by atoms with van der Waals surface area (Å²) in [6.45, 7) is 14.7. The van der Waals surface area contributed by atoms with Gasteiger partial charge in [0.1, 0.15) is 0 Å². The molecule has 47 heavy (non-hydrogen) atoms. The van der Waals surface area contributed by atoms with Gasteiger partial charge >= 0.3 is 289 Å². The molecule has 1 fully saturated rings. The molecule has 3 aliphatic rings. The van der Waals surface area contributed by atoms with Crippen molar-refractivity contribution < 1.29 is 9.59 Å². The first kappa shape index (κ1) is 34.2. The molecule has 246 valence electrons. The van der Waals surface area contributed by atoms with Crippen LogP contribution >= 0.6 is 0 Å². The predicted octanol–water partition coefficient (Wildman–Crippen LogP) is 10.8. The van der Waals surface area contributed by atoms with Crippen LogP contribution in [0.1, 0.15) is 83.9 Å². The summed E-state index contributed by atoms with van der Waals surface area (Å²) >= 11 is -3.76. The first-order valence-electron chi connectivity index (χ1n) is 18.0. The third kappa shape index (κ3) is 6.91. The van der Waals surface area contributed by atoms with Crippen LogP contribution in [-0.2, 0) is 25.8 Å². The van der Waals surface area contributed by atoms with Crippen molar-refractivity contribution in [1.82, 2.24) is 0 Å². The van der Waals surface area contributed by atoms with Crippen LogP contribution in [0.3, 0.4) is 0 Å². The number of allylic oxidation sites excluding steroid dienone is 4. The van der Waals surface area contributed by atoms with Gasteiger partial charge in [0, 0.05) is 0 Å². The monoisotopic (exact) mass is 734 g/mol. The van der Waals surface area contributed by atoms with Crippen molar-refractivity contribution >= 4 is 29.9 Å². The van der Waals surface area contributed by atoms with Crippen molar-refractivity contribution in [2.75, 3.05) is 0 Å².